The summed E-state index contributed by atoms with van der Waals surface area (Å²) < 4.78 is 4.57. The van der Waals surface area contributed by atoms with E-state index in [0.29, 0.717) is 27.6 Å². The average molecular weight is 550 g/mol. The highest BCUT2D eigenvalue weighted by atomic mass is 35.5. The summed E-state index contributed by atoms with van der Waals surface area (Å²) in [5, 5.41) is 13.1. The molecular formula is C27H28ClN7O4. The molecule has 39 heavy (non-hydrogen) atoms. The number of nitrogens with zero attached hydrogens (tertiary/aromatic N) is 2. The summed E-state index contributed by atoms with van der Waals surface area (Å²) in [4.78, 5) is 37.5. The molecule has 1 atom stereocenters. The zero-order chi connectivity index (χ0) is 28.2. The van der Waals surface area contributed by atoms with Gasteiger partial charge < -0.3 is 21.2 Å². The first kappa shape index (κ1) is 28.7. The lowest BCUT2D eigenvalue weighted by Gasteiger charge is -2.18. The molecule has 11 nitrogen and oxygen atoms in total. The molecule has 7 N–H and O–H groups in total. The largest absolute Gasteiger partial charge is 0.453 e. The lowest BCUT2D eigenvalue weighted by molar-refractivity contribution is -0.123. The number of nitrogens with two attached hydrogens (primary N) is 2. The molecule has 0 heterocycles. The number of carbonyl (C=O) groups is 3. The summed E-state index contributed by atoms with van der Waals surface area (Å²) in [6.45, 7) is 0. The summed E-state index contributed by atoms with van der Waals surface area (Å²) in [5.74, 6) is 10.2. The van der Waals surface area contributed by atoms with Crippen molar-refractivity contribution in [1.82, 2.24) is 5.32 Å². The van der Waals surface area contributed by atoms with Crippen molar-refractivity contribution < 1.29 is 19.1 Å². The molecule has 0 aliphatic rings. The van der Waals surface area contributed by atoms with Gasteiger partial charge in [0.15, 0.2) is 0 Å². The van der Waals surface area contributed by atoms with Crippen LogP contribution in [0.25, 0.3) is 6.08 Å². The number of nitrogens with one attached hydrogen (secondary N) is 3. The molecule has 0 radical (unpaired) electrons. The fourth-order valence-electron chi connectivity index (χ4n) is 3.51. The van der Waals surface area contributed by atoms with E-state index in [1.54, 1.807) is 42.5 Å². The number of hydrazine groups is 1. The number of amides is 3. The summed E-state index contributed by atoms with van der Waals surface area (Å²) in [6.07, 6.45) is 3.65. The molecule has 0 unspecified atom stereocenters. The zero-order valence-electron chi connectivity index (χ0n) is 21.0. The van der Waals surface area contributed by atoms with E-state index in [1.807, 2.05) is 30.3 Å². The minimum atomic E-state index is -0.897. The molecule has 3 aromatic rings. The van der Waals surface area contributed by atoms with Gasteiger partial charge in [-0.1, -0.05) is 41.9 Å². The topological polar surface area (TPSA) is 164 Å². The number of hydrogen-bond donors (Lipinski definition) is 5. The third kappa shape index (κ3) is 8.88. The van der Waals surface area contributed by atoms with Gasteiger partial charge in [0, 0.05) is 34.5 Å². The van der Waals surface area contributed by atoms with Gasteiger partial charge in [-0.05, 0) is 54.1 Å². The number of carbonyl (C=O) groups excluding carboxylic acids is 3. The maximum Gasteiger partial charge on any atom is 0.411 e. The quantitative estimate of drug-likeness (QED) is 0.0849. The maximum absolute atomic E-state index is 13.2. The molecule has 0 spiro atoms. The predicted molar refractivity (Wildman–Crippen MR) is 153 cm³/mol. The Balaban J connectivity index is 1.76. The molecule has 12 heteroatoms. The number of rotatable bonds is 10. The van der Waals surface area contributed by atoms with Crippen molar-refractivity contribution >= 4 is 59.0 Å². The van der Waals surface area contributed by atoms with Crippen LogP contribution < -0.4 is 32.6 Å². The van der Waals surface area contributed by atoms with E-state index in [2.05, 4.69) is 25.8 Å². The van der Waals surface area contributed by atoms with Crippen molar-refractivity contribution in [2.75, 3.05) is 22.8 Å². The van der Waals surface area contributed by atoms with Crippen LogP contribution in [0.2, 0.25) is 5.02 Å². The Morgan fingerprint density at radius 2 is 1.69 bits per heavy atom. The predicted octanol–water partition coefficient (Wildman–Crippen LogP) is 3.48. The molecule has 0 bridgehead atoms. The Kier molecular flexibility index (Phi) is 10.4. The molecule has 3 amide bonds. The minimum absolute atomic E-state index is 0.250. The van der Waals surface area contributed by atoms with Gasteiger partial charge in [-0.25, -0.2) is 10.6 Å². The molecule has 202 valence electrons. The van der Waals surface area contributed by atoms with Gasteiger partial charge in [0.25, 0.3) is 0 Å². The van der Waals surface area contributed by atoms with Crippen LogP contribution >= 0.6 is 11.6 Å². The molecule has 0 aromatic heterocycles. The van der Waals surface area contributed by atoms with E-state index in [9.17, 15) is 14.4 Å². The van der Waals surface area contributed by atoms with Crippen LogP contribution in [0.15, 0.2) is 84.0 Å². The third-order valence-corrected chi connectivity index (χ3v) is 5.61. The van der Waals surface area contributed by atoms with Gasteiger partial charge in [0.2, 0.25) is 11.8 Å². The lowest BCUT2D eigenvalue weighted by Crippen LogP contribution is -2.44. The average Bonchev–Trinajstić information content (AvgIpc) is 2.93. The maximum atomic E-state index is 13.2. The van der Waals surface area contributed by atoms with Gasteiger partial charge in [-0.3, -0.25) is 19.9 Å². The second-order valence-electron chi connectivity index (χ2n) is 8.14. The van der Waals surface area contributed by atoms with Crippen molar-refractivity contribution in [1.29, 1.82) is 0 Å². The Labute approximate surface area is 230 Å². The van der Waals surface area contributed by atoms with Gasteiger partial charge in [-0.2, -0.15) is 5.10 Å². The summed E-state index contributed by atoms with van der Waals surface area (Å²) in [6, 6.07) is 19.8. The van der Waals surface area contributed by atoms with E-state index >= 15 is 0 Å². The van der Waals surface area contributed by atoms with E-state index in [-0.39, 0.29) is 6.42 Å². The SMILES string of the molecule is COC(=O)Nc1ccc(NC(=O)[C@H](Cc2ccccc2)NC(=O)/C=C/c2cc(Cl)ccc2N(N)/C=N\N)cc1. The van der Waals surface area contributed by atoms with E-state index in [1.165, 1.54) is 30.6 Å². The minimum Gasteiger partial charge on any atom is -0.453 e. The first-order chi connectivity index (χ1) is 18.8. The fraction of sp³-hybridized carbons (Fsp3) is 0.111. The second kappa shape index (κ2) is 14.2. The summed E-state index contributed by atoms with van der Waals surface area (Å²) >= 11 is 6.12. The van der Waals surface area contributed by atoms with Crippen molar-refractivity contribution in [2.45, 2.75) is 12.5 Å². The number of benzene rings is 3. The number of ether oxygens (including phenoxy) is 1. The van der Waals surface area contributed by atoms with Crippen LogP contribution in [0.3, 0.4) is 0 Å². The highest BCUT2D eigenvalue weighted by Gasteiger charge is 2.21. The van der Waals surface area contributed by atoms with Gasteiger partial charge in [-0.15, -0.1) is 0 Å². The summed E-state index contributed by atoms with van der Waals surface area (Å²) in [7, 11) is 1.26. The van der Waals surface area contributed by atoms with Gasteiger partial charge >= 0.3 is 6.09 Å². The molecular weight excluding hydrogens is 522 g/mol. The Bertz CT molecular complexity index is 1350. The highest BCUT2D eigenvalue weighted by molar-refractivity contribution is 6.30. The molecule has 3 aromatic carbocycles. The van der Waals surface area contributed by atoms with Crippen LogP contribution in [-0.4, -0.2) is 37.4 Å². The normalized spacial score (nSPS) is 11.7. The monoisotopic (exact) mass is 549 g/mol. The second-order valence-corrected chi connectivity index (χ2v) is 8.58. The smallest absolute Gasteiger partial charge is 0.411 e. The molecule has 0 aliphatic carbocycles. The molecule has 3 rings (SSSR count). The van der Waals surface area contributed by atoms with Crippen molar-refractivity contribution in [3.05, 3.63) is 95.0 Å². The number of hydrazone groups is 1. The van der Waals surface area contributed by atoms with Crippen molar-refractivity contribution in [3.8, 4) is 0 Å². The van der Waals surface area contributed by atoms with Gasteiger partial charge in [0.05, 0.1) is 12.8 Å². The van der Waals surface area contributed by atoms with Crippen LogP contribution in [0.4, 0.5) is 21.9 Å². The molecule has 0 saturated heterocycles. The molecule has 0 saturated carbocycles. The van der Waals surface area contributed by atoms with Crippen molar-refractivity contribution in [2.24, 2.45) is 16.8 Å². The number of hydrogen-bond acceptors (Lipinski definition) is 7. The van der Waals surface area contributed by atoms with Crippen molar-refractivity contribution in [3.63, 3.8) is 0 Å². The molecule has 0 fully saturated rings. The van der Waals surface area contributed by atoms with Gasteiger partial charge in [0.1, 0.15) is 12.4 Å². The highest BCUT2D eigenvalue weighted by Crippen LogP contribution is 2.23. The first-order valence-corrected chi connectivity index (χ1v) is 12.0. The van der Waals surface area contributed by atoms with E-state index in [0.717, 1.165) is 5.56 Å². The van der Waals surface area contributed by atoms with Crippen LogP contribution in [0, 0.1) is 0 Å². The number of anilines is 3. The first-order valence-electron chi connectivity index (χ1n) is 11.6. The third-order valence-electron chi connectivity index (χ3n) is 5.37. The van der Waals surface area contributed by atoms with Crippen LogP contribution in [0.5, 0.6) is 0 Å². The summed E-state index contributed by atoms with van der Waals surface area (Å²) in [5.41, 5.74) is 2.86. The van der Waals surface area contributed by atoms with Crippen LogP contribution in [0.1, 0.15) is 11.1 Å². The van der Waals surface area contributed by atoms with E-state index in [4.69, 9.17) is 23.3 Å². The fourth-order valence-corrected chi connectivity index (χ4v) is 3.69. The van der Waals surface area contributed by atoms with Crippen LogP contribution in [-0.2, 0) is 20.7 Å². The number of halogens is 1. The Morgan fingerprint density at radius 3 is 2.33 bits per heavy atom. The number of methoxy groups -OCH3 is 1. The Hall–Kier alpha value is -4.87. The molecule has 0 aliphatic heterocycles. The standard InChI is InChI=1S/C27H28ClN7O4/c1-39-27(38)33-22-11-9-21(10-12-22)32-26(37)23(15-18-5-3-2-4-6-18)34-25(36)14-7-19-16-20(28)8-13-24(19)35(30)17-31-29/h2-14,16-17,23H,15,29-30H2,1H3,(H,32,37)(H,33,38)(H,34,36)/b14-7+,31-17-/t23-/m0/s1. The Morgan fingerprint density at radius 1 is 1.03 bits per heavy atom. The van der Waals surface area contributed by atoms with E-state index < -0.39 is 23.9 Å². The zero-order valence-corrected chi connectivity index (χ0v) is 21.8. The lowest BCUT2D eigenvalue weighted by atomic mass is 10.0.